The van der Waals surface area contributed by atoms with Crippen LogP contribution in [-0.4, -0.2) is 16.3 Å². The van der Waals surface area contributed by atoms with Gasteiger partial charge in [-0.05, 0) is 25.8 Å². The molecule has 0 saturated heterocycles. The molecule has 1 saturated carbocycles. The summed E-state index contributed by atoms with van der Waals surface area (Å²) in [5.74, 6) is 0.799. The van der Waals surface area contributed by atoms with Crippen LogP contribution < -0.4 is 5.32 Å². The molecule has 0 radical (unpaired) electrons. The zero-order valence-electron chi connectivity index (χ0n) is 9.79. The van der Waals surface area contributed by atoms with E-state index in [0.717, 1.165) is 25.6 Å². The van der Waals surface area contributed by atoms with Crippen molar-refractivity contribution in [2.45, 2.75) is 52.1 Å². The molecule has 1 aromatic heterocycles. The molecule has 3 nitrogen and oxygen atoms in total. The molecule has 1 fully saturated rings. The number of hydrogen-bond donors (Lipinski definition) is 1. The topological polar surface area (TPSA) is 29.9 Å². The van der Waals surface area contributed by atoms with Gasteiger partial charge in [0.1, 0.15) is 0 Å². The highest BCUT2D eigenvalue weighted by Crippen LogP contribution is 2.41. The second-order valence-electron chi connectivity index (χ2n) is 4.33. The van der Waals surface area contributed by atoms with Gasteiger partial charge in [-0.15, -0.1) is 0 Å². The van der Waals surface area contributed by atoms with Crippen molar-refractivity contribution in [2.24, 2.45) is 0 Å². The maximum absolute atomic E-state index is 4.50. The Balaban J connectivity index is 2.13. The van der Waals surface area contributed by atoms with Crippen molar-refractivity contribution in [1.82, 2.24) is 15.1 Å². The zero-order valence-corrected chi connectivity index (χ0v) is 9.79. The van der Waals surface area contributed by atoms with E-state index >= 15 is 0 Å². The highest BCUT2D eigenvalue weighted by Gasteiger charge is 2.29. The quantitative estimate of drug-likeness (QED) is 0.775. The molecular weight excluding hydrogens is 186 g/mol. The molecule has 0 atom stereocenters. The Morgan fingerprint density at radius 3 is 2.87 bits per heavy atom. The predicted molar refractivity (Wildman–Crippen MR) is 61.9 cm³/mol. The van der Waals surface area contributed by atoms with Crippen molar-refractivity contribution in [3.05, 3.63) is 17.5 Å². The van der Waals surface area contributed by atoms with E-state index in [-0.39, 0.29) is 0 Å². The van der Waals surface area contributed by atoms with E-state index in [1.54, 1.807) is 0 Å². The first-order valence-electron chi connectivity index (χ1n) is 6.12. The molecule has 0 unspecified atom stereocenters. The van der Waals surface area contributed by atoms with Gasteiger partial charge >= 0.3 is 0 Å². The van der Waals surface area contributed by atoms with Gasteiger partial charge < -0.3 is 5.32 Å². The first-order valence-corrected chi connectivity index (χ1v) is 6.12. The molecule has 84 valence electrons. The zero-order chi connectivity index (χ0) is 10.7. The van der Waals surface area contributed by atoms with Gasteiger partial charge in [0, 0.05) is 30.3 Å². The van der Waals surface area contributed by atoms with Crippen molar-refractivity contribution in [3.63, 3.8) is 0 Å². The summed E-state index contributed by atoms with van der Waals surface area (Å²) in [6.45, 7) is 7.43. The molecule has 0 aliphatic heterocycles. The lowest BCUT2D eigenvalue weighted by Crippen LogP contribution is -2.13. The van der Waals surface area contributed by atoms with E-state index < -0.39 is 0 Å². The van der Waals surface area contributed by atoms with Gasteiger partial charge in [-0.1, -0.05) is 13.8 Å². The van der Waals surface area contributed by atoms with Crippen LogP contribution in [0.2, 0.25) is 0 Å². The van der Waals surface area contributed by atoms with Crippen LogP contribution >= 0.6 is 0 Å². The first-order chi connectivity index (χ1) is 7.36. The van der Waals surface area contributed by atoms with Crippen LogP contribution in [-0.2, 0) is 13.1 Å². The van der Waals surface area contributed by atoms with E-state index in [2.05, 4.69) is 28.9 Å². The molecule has 1 aliphatic rings. The van der Waals surface area contributed by atoms with Crippen LogP contribution in [0.15, 0.2) is 6.20 Å². The summed E-state index contributed by atoms with van der Waals surface area (Å²) < 4.78 is 2.21. The third-order valence-electron chi connectivity index (χ3n) is 2.92. The Morgan fingerprint density at radius 2 is 2.27 bits per heavy atom. The number of aromatic nitrogens is 2. The molecule has 1 N–H and O–H groups in total. The Hall–Kier alpha value is -0.830. The Labute approximate surface area is 91.9 Å². The van der Waals surface area contributed by atoms with Crippen LogP contribution in [0.4, 0.5) is 0 Å². The van der Waals surface area contributed by atoms with Gasteiger partial charge in [0.15, 0.2) is 0 Å². The fraction of sp³-hybridized carbons (Fsp3) is 0.750. The second-order valence-corrected chi connectivity index (χ2v) is 4.33. The summed E-state index contributed by atoms with van der Waals surface area (Å²) >= 11 is 0. The minimum atomic E-state index is 0.799. The van der Waals surface area contributed by atoms with E-state index in [1.807, 2.05) is 6.20 Å². The molecule has 0 amide bonds. The lowest BCUT2D eigenvalue weighted by Gasteiger charge is -2.07. The summed E-state index contributed by atoms with van der Waals surface area (Å²) in [4.78, 5) is 0. The summed E-state index contributed by atoms with van der Waals surface area (Å²) in [6.07, 6.45) is 5.93. The highest BCUT2D eigenvalue weighted by molar-refractivity contribution is 5.25. The predicted octanol–water partition coefficient (Wildman–Crippen LogP) is 2.28. The third kappa shape index (κ3) is 2.40. The van der Waals surface area contributed by atoms with Crippen molar-refractivity contribution in [2.75, 3.05) is 6.54 Å². The van der Waals surface area contributed by atoms with E-state index in [0.29, 0.717) is 0 Å². The van der Waals surface area contributed by atoms with Crippen LogP contribution in [0, 0.1) is 0 Å². The smallest absolute Gasteiger partial charge is 0.0537 e. The largest absolute Gasteiger partial charge is 0.313 e. The molecule has 0 spiro atoms. The molecule has 2 rings (SSSR count). The summed E-state index contributed by atoms with van der Waals surface area (Å²) in [7, 11) is 0. The third-order valence-corrected chi connectivity index (χ3v) is 2.92. The molecule has 1 aromatic rings. The van der Waals surface area contributed by atoms with Crippen LogP contribution in [0.1, 0.15) is 50.3 Å². The SMILES string of the molecule is CCCn1ncc(CNCC)c1C1CC1. The normalized spacial score (nSPS) is 15.9. The van der Waals surface area contributed by atoms with Gasteiger partial charge in [-0.2, -0.15) is 5.10 Å². The summed E-state index contributed by atoms with van der Waals surface area (Å²) in [5.41, 5.74) is 2.91. The maximum atomic E-state index is 4.50. The average Bonchev–Trinajstić information content (AvgIpc) is 3.00. The molecule has 0 bridgehead atoms. The summed E-state index contributed by atoms with van der Waals surface area (Å²) in [6, 6.07) is 0. The Morgan fingerprint density at radius 1 is 1.47 bits per heavy atom. The van der Waals surface area contributed by atoms with Gasteiger partial charge in [-0.25, -0.2) is 0 Å². The molecule has 1 heterocycles. The van der Waals surface area contributed by atoms with Crippen molar-refractivity contribution in [1.29, 1.82) is 0 Å². The Bertz CT molecular complexity index is 313. The average molecular weight is 207 g/mol. The van der Waals surface area contributed by atoms with Crippen LogP contribution in [0.5, 0.6) is 0 Å². The van der Waals surface area contributed by atoms with Gasteiger partial charge in [0.2, 0.25) is 0 Å². The van der Waals surface area contributed by atoms with Crippen LogP contribution in [0.3, 0.4) is 0 Å². The molecule has 0 aromatic carbocycles. The van der Waals surface area contributed by atoms with Gasteiger partial charge in [0.05, 0.1) is 6.20 Å². The molecular formula is C12H21N3. The van der Waals surface area contributed by atoms with E-state index in [4.69, 9.17) is 0 Å². The van der Waals surface area contributed by atoms with Crippen molar-refractivity contribution in [3.8, 4) is 0 Å². The summed E-state index contributed by atoms with van der Waals surface area (Å²) in [5, 5.41) is 7.89. The minimum Gasteiger partial charge on any atom is -0.313 e. The monoisotopic (exact) mass is 207 g/mol. The lowest BCUT2D eigenvalue weighted by atomic mass is 10.1. The van der Waals surface area contributed by atoms with E-state index in [1.165, 1.54) is 30.5 Å². The highest BCUT2D eigenvalue weighted by atomic mass is 15.3. The van der Waals surface area contributed by atoms with Gasteiger partial charge in [0.25, 0.3) is 0 Å². The fourth-order valence-electron chi connectivity index (χ4n) is 2.05. The number of hydrogen-bond acceptors (Lipinski definition) is 2. The lowest BCUT2D eigenvalue weighted by molar-refractivity contribution is 0.572. The number of aryl methyl sites for hydroxylation is 1. The van der Waals surface area contributed by atoms with Crippen molar-refractivity contribution < 1.29 is 0 Å². The van der Waals surface area contributed by atoms with E-state index in [9.17, 15) is 0 Å². The maximum Gasteiger partial charge on any atom is 0.0537 e. The molecule has 1 aliphatic carbocycles. The second kappa shape index (κ2) is 4.79. The minimum absolute atomic E-state index is 0.799. The molecule has 3 heteroatoms. The number of rotatable bonds is 6. The van der Waals surface area contributed by atoms with Crippen molar-refractivity contribution >= 4 is 0 Å². The number of nitrogens with zero attached hydrogens (tertiary/aromatic N) is 2. The fourth-order valence-corrected chi connectivity index (χ4v) is 2.05. The first kappa shape index (κ1) is 10.7. The van der Waals surface area contributed by atoms with Gasteiger partial charge in [-0.3, -0.25) is 4.68 Å². The Kier molecular flexibility index (Phi) is 3.41. The number of nitrogens with one attached hydrogen (secondary N) is 1. The standard InChI is InChI=1S/C12H21N3/c1-3-7-15-12(10-5-6-10)11(9-14-15)8-13-4-2/h9-10,13H,3-8H2,1-2H3. The molecule has 15 heavy (non-hydrogen) atoms. The van der Waals surface area contributed by atoms with Crippen LogP contribution in [0.25, 0.3) is 0 Å².